The predicted molar refractivity (Wildman–Crippen MR) is 86.3 cm³/mol. The maximum Gasteiger partial charge on any atom is 0.349 e. The summed E-state index contributed by atoms with van der Waals surface area (Å²) in [5, 5.41) is 2.53. The van der Waals surface area contributed by atoms with Gasteiger partial charge in [0, 0.05) is 10.6 Å². The molecule has 1 atom stereocenters. The Labute approximate surface area is 137 Å². The molecule has 1 heterocycles. The molecule has 4 nitrogen and oxygen atoms in total. The van der Waals surface area contributed by atoms with Gasteiger partial charge in [-0.2, -0.15) is 0 Å². The molecule has 0 saturated carbocycles. The number of halogens is 1. The molecule has 1 aromatic carbocycles. The topological polar surface area (TPSA) is 55.4 Å². The first kappa shape index (κ1) is 15.7. The molecule has 0 fully saturated rings. The van der Waals surface area contributed by atoms with Crippen molar-refractivity contribution in [1.29, 1.82) is 0 Å². The number of esters is 1. The van der Waals surface area contributed by atoms with Gasteiger partial charge in [-0.15, -0.1) is 11.3 Å². The molecule has 0 bridgehead atoms. The van der Waals surface area contributed by atoms with Gasteiger partial charge in [-0.3, -0.25) is 4.79 Å². The average Bonchev–Trinajstić information content (AvgIpc) is 3.08. The van der Waals surface area contributed by atoms with E-state index < -0.39 is 23.8 Å². The highest BCUT2D eigenvalue weighted by Crippen LogP contribution is 2.31. The van der Waals surface area contributed by atoms with E-state index in [9.17, 15) is 14.0 Å². The number of aryl methyl sites for hydroxylation is 2. The van der Waals surface area contributed by atoms with Gasteiger partial charge in [0.15, 0.2) is 6.10 Å². The Kier molecular flexibility index (Phi) is 4.43. The molecular weight excluding hydrogens is 317 g/mol. The van der Waals surface area contributed by atoms with E-state index in [1.165, 1.54) is 46.9 Å². The Bertz CT molecular complexity index is 735. The second kappa shape index (κ2) is 6.50. The van der Waals surface area contributed by atoms with E-state index >= 15 is 0 Å². The van der Waals surface area contributed by atoms with Crippen LogP contribution in [0, 0.1) is 5.82 Å². The molecule has 1 N–H and O–H groups in total. The third-order valence-corrected chi connectivity index (χ3v) is 4.91. The second-order valence-corrected chi connectivity index (χ2v) is 6.60. The van der Waals surface area contributed by atoms with Crippen LogP contribution in [0.1, 0.15) is 33.5 Å². The zero-order chi connectivity index (χ0) is 16.4. The highest BCUT2D eigenvalue weighted by molar-refractivity contribution is 7.14. The van der Waals surface area contributed by atoms with Crippen molar-refractivity contribution >= 4 is 28.9 Å². The standard InChI is InChI=1S/C17H16FNO3S/c1-10(16(20)19-13-6-3-5-12(18)9-13)22-17(21)15-8-11-4-2-7-14(11)23-15/h3,5-6,8-10H,2,4,7H2,1H3,(H,19,20)/t10-/m0/s1. The normalized spacial score (nSPS) is 14.2. The largest absolute Gasteiger partial charge is 0.448 e. The van der Waals surface area contributed by atoms with Gasteiger partial charge in [-0.1, -0.05) is 6.07 Å². The average molecular weight is 333 g/mol. The van der Waals surface area contributed by atoms with Gasteiger partial charge in [0.25, 0.3) is 5.91 Å². The van der Waals surface area contributed by atoms with Gasteiger partial charge in [-0.25, -0.2) is 9.18 Å². The van der Waals surface area contributed by atoms with Crippen LogP contribution in [0.4, 0.5) is 10.1 Å². The Balaban J connectivity index is 1.60. The maximum absolute atomic E-state index is 13.1. The summed E-state index contributed by atoms with van der Waals surface area (Å²) in [5.41, 5.74) is 1.53. The van der Waals surface area contributed by atoms with E-state index in [1.807, 2.05) is 6.07 Å². The van der Waals surface area contributed by atoms with Crippen molar-refractivity contribution in [3.05, 3.63) is 51.5 Å². The first-order chi connectivity index (χ1) is 11.0. The van der Waals surface area contributed by atoms with Crippen LogP contribution >= 0.6 is 11.3 Å². The van der Waals surface area contributed by atoms with Crippen LogP contribution in [0.2, 0.25) is 0 Å². The number of hydrogen-bond acceptors (Lipinski definition) is 4. The van der Waals surface area contributed by atoms with Crippen LogP contribution in [0.25, 0.3) is 0 Å². The molecule has 1 aliphatic carbocycles. The first-order valence-electron chi connectivity index (χ1n) is 7.42. The van der Waals surface area contributed by atoms with E-state index in [2.05, 4.69) is 5.32 Å². The minimum Gasteiger partial charge on any atom is -0.448 e. The van der Waals surface area contributed by atoms with Crippen LogP contribution < -0.4 is 5.32 Å². The Morgan fingerprint density at radius 3 is 2.87 bits per heavy atom. The summed E-state index contributed by atoms with van der Waals surface area (Å²) < 4.78 is 18.3. The van der Waals surface area contributed by atoms with Gasteiger partial charge >= 0.3 is 5.97 Å². The lowest BCUT2D eigenvalue weighted by Crippen LogP contribution is -2.29. The van der Waals surface area contributed by atoms with Crippen molar-refractivity contribution in [3.63, 3.8) is 0 Å². The van der Waals surface area contributed by atoms with Crippen molar-refractivity contribution in [2.45, 2.75) is 32.3 Å². The minimum atomic E-state index is -0.956. The number of amides is 1. The molecule has 0 aliphatic heterocycles. The van der Waals surface area contributed by atoms with E-state index in [0.29, 0.717) is 10.6 Å². The number of nitrogens with one attached hydrogen (secondary N) is 1. The number of benzene rings is 1. The number of ether oxygens (including phenoxy) is 1. The Morgan fingerprint density at radius 1 is 1.30 bits per heavy atom. The lowest BCUT2D eigenvalue weighted by molar-refractivity contribution is -0.123. The quantitative estimate of drug-likeness (QED) is 0.871. The molecule has 0 spiro atoms. The van der Waals surface area contributed by atoms with E-state index in [4.69, 9.17) is 4.74 Å². The van der Waals surface area contributed by atoms with Crippen LogP contribution in [-0.2, 0) is 22.4 Å². The molecule has 0 radical (unpaired) electrons. The van der Waals surface area contributed by atoms with Crippen LogP contribution in [0.5, 0.6) is 0 Å². The fourth-order valence-electron chi connectivity index (χ4n) is 2.51. The SMILES string of the molecule is C[C@H](OC(=O)c1cc2c(s1)CCC2)C(=O)Nc1cccc(F)c1. The van der Waals surface area contributed by atoms with E-state index in [1.54, 1.807) is 6.07 Å². The summed E-state index contributed by atoms with van der Waals surface area (Å²) in [7, 11) is 0. The van der Waals surface area contributed by atoms with E-state index in [-0.39, 0.29) is 0 Å². The number of carbonyl (C=O) groups is 2. The van der Waals surface area contributed by atoms with Crippen LogP contribution in [0.3, 0.4) is 0 Å². The third-order valence-electron chi connectivity index (χ3n) is 3.69. The van der Waals surface area contributed by atoms with Gasteiger partial charge in [0.05, 0.1) is 0 Å². The fourth-order valence-corrected chi connectivity index (χ4v) is 3.65. The highest BCUT2D eigenvalue weighted by atomic mass is 32.1. The highest BCUT2D eigenvalue weighted by Gasteiger charge is 2.23. The molecular formula is C17H16FNO3S. The molecule has 1 amide bonds. The lowest BCUT2D eigenvalue weighted by Gasteiger charge is -2.13. The van der Waals surface area contributed by atoms with Gasteiger partial charge < -0.3 is 10.1 Å². The molecule has 1 aromatic heterocycles. The minimum absolute atomic E-state index is 0.327. The monoisotopic (exact) mass is 333 g/mol. The van der Waals surface area contributed by atoms with Gasteiger partial charge in [0.1, 0.15) is 10.7 Å². The summed E-state index contributed by atoms with van der Waals surface area (Å²) in [6.45, 7) is 1.49. The van der Waals surface area contributed by atoms with Crippen LogP contribution in [-0.4, -0.2) is 18.0 Å². The summed E-state index contributed by atoms with van der Waals surface area (Å²) in [6, 6.07) is 7.41. The molecule has 120 valence electrons. The molecule has 2 aromatic rings. The zero-order valence-electron chi connectivity index (χ0n) is 12.6. The molecule has 3 rings (SSSR count). The van der Waals surface area contributed by atoms with Gasteiger partial charge in [-0.05, 0) is 56.0 Å². The van der Waals surface area contributed by atoms with Gasteiger partial charge in [0.2, 0.25) is 0 Å². The number of anilines is 1. The molecule has 0 unspecified atom stereocenters. The maximum atomic E-state index is 13.1. The number of fused-ring (bicyclic) bond motifs is 1. The Hall–Kier alpha value is -2.21. The smallest absolute Gasteiger partial charge is 0.349 e. The Morgan fingerprint density at radius 2 is 2.13 bits per heavy atom. The number of hydrogen-bond donors (Lipinski definition) is 1. The zero-order valence-corrected chi connectivity index (χ0v) is 13.4. The summed E-state index contributed by atoms with van der Waals surface area (Å²) >= 11 is 1.43. The van der Waals surface area contributed by atoms with Crippen molar-refractivity contribution in [3.8, 4) is 0 Å². The van der Waals surface area contributed by atoms with Crippen LogP contribution in [0.15, 0.2) is 30.3 Å². The first-order valence-corrected chi connectivity index (χ1v) is 8.23. The predicted octanol–water partition coefficient (Wildman–Crippen LogP) is 3.56. The number of carbonyl (C=O) groups excluding carboxylic acids is 2. The van der Waals surface area contributed by atoms with Crippen molar-refractivity contribution in [2.24, 2.45) is 0 Å². The van der Waals surface area contributed by atoms with Crippen molar-refractivity contribution in [1.82, 2.24) is 0 Å². The number of thiophene rings is 1. The molecule has 6 heteroatoms. The molecule has 23 heavy (non-hydrogen) atoms. The second-order valence-electron chi connectivity index (χ2n) is 5.46. The molecule has 0 saturated heterocycles. The molecule has 1 aliphatic rings. The summed E-state index contributed by atoms with van der Waals surface area (Å²) in [4.78, 5) is 25.9. The lowest BCUT2D eigenvalue weighted by atomic mass is 10.2. The third kappa shape index (κ3) is 3.59. The van der Waals surface area contributed by atoms with E-state index in [0.717, 1.165) is 19.3 Å². The van der Waals surface area contributed by atoms with Crippen molar-refractivity contribution < 1.29 is 18.7 Å². The fraction of sp³-hybridized carbons (Fsp3) is 0.294. The van der Waals surface area contributed by atoms with Crippen molar-refractivity contribution in [2.75, 3.05) is 5.32 Å². The summed E-state index contributed by atoms with van der Waals surface area (Å²) in [6.07, 6.45) is 2.17. The summed E-state index contributed by atoms with van der Waals surface area (Å²) in [5.74, 6) is -1.43. The number of rotatable bonds is 4.